The van der Waals surface area contributed by atoms with Crippen molar-refractivity contribution in [1.29, 1.82) is 0 Å². The molecule has 152 valence electrons. The molecule has 0 bridgehead atoms. The molecule has 3 aromatic rings. The molecule has 1 aromatic heterocycles. The van der Waals surface area contributed by atoms with Gasteiger partial charge in [0.05, 0.1) is 6.54 Å². The van der Waals surface area contributed by atoms with Gasteiger partial charge in [-0.05, 0) is 42.3 Å². The molecule has 2 amide bonds. The van der Waals surface area contributed by atoms with Gasteiger partial charge in [0.15, 0.2) is 0 Å². The largest absolute Gasteiger partial charge is 0.398 e. The van der Waals surface area contributed by atoms with E-state index in [4.69, 9.17) is 10.8 Å². The number of hydrogen-bond donors (Lipinski definition) is 3. The van der Waals surface area contributed by atoms with Gasteiger partial charge in [-0.3, -0.25) is 9.59 Å². The lowest BCUT2D eigenvalue weighted by atomic mass is 10.1. The van der Waals surface area contributed by atoms with E-state index < -0.39 is 12.5 Å². The number of aromatic amines is 1. The van der Waals surface area contributed by atoms with Crippen molar-refractivity contribution in [2.45, 2.75) is 20.0 Å². The maximum absolute atomic E-state index is 13.0. The lowest BCUT2D eigenvalue weighted by Gasteiger charge is -2.20. The second-order valence-electron chi connectivity index (χ2n) is 7.26. The number of carbonyl (C=O) groups is 2. The molecule has 0 spiro atoms. The van der Waals surface area contributed by atoms with E-state index in [2.05, 4.69) is 11.1 Å². The molecule has 0 saturated heterocycles. The van der Waals surface area contributed by atoms with Crippen molar-refractivity contribution in [1.82, 2.24) is 14.8 Å². The molecule has 29 heavy (non-hydrogen) atoms. The molecular formula is C22H26N4O3. The van der Waals surface area contributed by atoms with Crippen molar-refractivity contribution < 1.29 is 14.7 Å². The van der Waals surface area contributed by atoms with Gasteiger partial charge in [0.25, 0.3) is 5.91 Å². The molecule has 0 unspecified atom stereocenters. The molecule has 0 aliphatic heterocycles. The lowest BCUT2D eigenvalue weighted by Crippen LogP contribution is -2.29. The van der Waals surface area contributed by atoms with E-state index >= 15 is 0 Å². The predicted molar refractivity (Wildman–Crippen MR) is 113 cm³/mol. The Morgan fingerprint density at radius 3 is 2.48 bits per heavy atom. The van der Waals surface area contributed by atoms with E-state index in [1.54, 1.807) is 37.2 Å². The van der Waals surface area contributed by atoms with Gasteiger partial charge in [-0.15, -0.1) is 0 Å². The van der Waals surface area contributed by atoms with Crippen LogP contribution in [0.25, 0.3) is 10.9 Å². The third-order valence-electron chi connectivity index (χ3n) is 5.17. The Morgan fingerprint density at radius 1 is 1.07 bits per heavy atom. The van der Waals surface area contributed by atoms with Crippen molar-refractivity contribution in [3.8, 4) is 0 Å². The maximum Gasteiger partial charge on any atom is 0.253 e. The molecule has 7 nitrogen and oxygen atoms in total. The summed E-state index contributed by atoms with van der Waals surface area (Å²) in [5.41, 5.74) is 10.8. The molecule has 4 N–H and O–H groups in total. The van der Waals surface area contributed by atoms with Crippen molar-refractivity contribution >= 4 is 28.4 Å². The van der Waals surface area contributed by atoms with Gasteiger partial charge in [0, 0.05) is 48.5 Å². The summed E-state index contributed by atoms with van der Waals surface area (Å²) >= 11 is 0. The summed E-state index contributed by atoms with van der Waals surface area (Å²) in [5.74, 6) is -0.548. The van der Waals surface area contributed by atoms with E-state index in [1.165, 1.54) is 4.90 Å². The van der Waals surface area contributed by atoms with Crippen molar-refractivity contribution in [2.24, 2.45) is 0 Å². The molecule has 0 fully saturated rings. The molecule has 0 aliphatic carbocycles. The summed E-state index contributed by atoms with van der Waals surface area (Å²) < 4.78 is 0. The summed E-state index contributed by atoms with van der Waals surface area (Å²) in [7, 11) is 3.34. The van der Waals surface area contributed by atoms with Crippen molar-refractivity contribution in [3.63, 3.8) is 0 Å². The fourth-order valence-electron chi connectivity index (χ4n) is 3.37. The van der Waals surface area contributed by atoms with Crippen LogP contribution in [-0.2, 0) is 17.9 Å². The van der Waals surface area contributed by atoms with E-state index in [1.807, 2.05) is 25.1 Å². The summed E-state index contributed by atoms with van der Waals surface area (Å²) in [5, 5.41) is 10.1. The number of fused-ring (bicyclic) bond motifs is 1. The molecular weight excluding hydrogens is 368 g/mol. The van der Waals surface area contributed by atoms with Crippen LogP contribution in [0.4, 0.5) is 5.69 Å². The third-order valence-corrected chi connectivity index (χ3v) is 5.17. The number of nitrogens with one attached hydrogen (secondary N) is 1. The Morgan fingerprint density at radius 2 is 1.79 bits per heavy atom. The Hall–Kier alpha value is -3.32. The normalized spacial score (nSPS) is 10.9. The first kappa shape index (κ1) is 20.4. The number of aliphatic hydroxyl groups is 1. The zero-order chi connectivity index (χ0) is 21.1. The minimum atomic E-state index is -0.568. The fourth-order valence-corrected chi connectivity index (χ4v) is 3.37. The molecule has 0 saturated carbocycles. The number of H-pyrrole nitrogens is 1. The predicted octanol–water partition coefficient (Wildman–Crippen LogP) is 2.28. The van der Waals surface area contributed by atoms with Gasteiger partial charge in [0.2, 0.25) is 5.91 Å². The maximum atomic E-state index is 13.0. The zero-order valence-corrected chi connectivity index (χ0v) is 16.9. The van der Waals surface area contributed by atoms with Crippen LogP contribution in [0.2, 0.25) is 0 Å². The molecule has 0 radical (unpaired) electrons. The number of aromatic nitrogens is 1. The number of aryl methyl sites for hydroxylation is 1. The van der Waals surface area contributed by atoms with Crippen LogP contribution < -0.4 is 5.73 Å². The average molecular weight is 394 g/mol. The third kappa shape index (κ3) is 4.25. The first-order chi connectivity index (χ1) is 13.8. The number of nitrogens with zero attached hydrogens (tertiary/aromatic N) is 2. The van der Waals surface area contributed by atoms with Gasteiger partial charge < -0.3 is 25.6 Å². The average Bonchev–Trinajstić information content (AvgIpc) is 3.03. The number of aliphatic hydroxyl groups excluding tert-OH is 1. The number of amides is 2. The van der Waals surface area contributed by atoms with Crippen LogP contribution in [0.3, 0.4) is 0 Å². The Balaban J connectivity index is 1.79. The van der Waals surface area contributed by atoms with Gasteiger partial charge in [0.1, 0.15) is 6.61 Å². The minimum absolute atomic E-state index is 0.138. The van der Waals surface area contributed by atoms with E-state index in [9.17, 15) is 9.59 Å². The van der Waals surface area contributed by atoms with Gasteiger partial charge in [-0.2, -0.15) is 0 Å². The SMILES string of the molecule is Cc1c(CN(C)C(=O)c2ccc(N)c(CN(C)C(=O)CO)c2)[nH]c2ccccc12. The highest BCUT2D eigenvalue weighted by Crippen LogP contribution is 2.23. The summed E-state index contributed by atoms with van der Waals surface area (Å²) in [4.78, 5) is 31.0. The van der Waals surface area contributed by atoms with Crippen LogP contribution in [0.15, 0.2) is 42.5 Å². The number of rotatable bonds is 6. The lowest BCUT2D eigenvalue weighted by molar-refractivity contribution is -0.133. The van der Waals surface area contributed by atoms with Gasteiger partial charge in [-0.1, -0.05) is 18.2 Å². The van der Waals surface area contributed by atoms with Crippen LogP contribution in [0.5, 0.6) is 0 Å². The zero-order valence-electron chi connectivity index (χ0n) is 16.9. The summed E-state index contributed by atoms with van der Waals surface area (Å²) in [6.07, 6.45) is 0. The quantitative estimate of drug-likeness (QED) is 0.558. The fraction of sp³-hybridized carbons (Fsp3) is 0.273. The van der Waals surface area contributed by atoms with Crippen molar-refractivity contribution in [3.05, 3.63) is 64.8 Å². The number of benzene rings is 2. The summed E-state index contributed by atoms with van der Waals surface area (Å²) in [6.45, 7) is 2.14. The smallest absolute Gasteiger partial charge is 0.253 e. The highest BCUT2D eigenvalue weighted by atomic mass is 16.3. The highest BCUT2D eigenvalue weighted by molar-refractivity contribution is 5.95. The molecule has 7 heteroatoms. The van der Waals surface area contributed by atoms with E-state index in [0.29, 0.717) is 23.4 Å². The number of anilines is 1. The minimum Gasteiger partial charge on any atom is -0.398 e. The molecule has 2 aromatic carbocycles. The Bertz CT molecular complexity index is 1060. The second kappa shape index (κ2) is 8.36. The highest BCUT2D eigenvalue weighted by Gasteiger charge is 2.17. The standard InChI is InChI=1S/C22H26N4O3/c1-14-17-6-4-5-7-19(17)24-20(14)12-26(3)22(29)15-8-9-18(23)16(10-15)11-25(2)21(28)13-27/h4-10,24,27H,11-13,23H2,1-3H3. The van der Waals surface area contributed by atoms with Gasteiger partial charge in [-0.25, -0.2) is 0 Å². The van der Waals surface area contributed by atoms with Crippen LogP contribution in [0.1, 0.15) is 27.2 Å². The monoisotopic (exact) mass is 394 g/mol. The number of hydrogen-bond acceptors (Lipinski definition) is 4. The Labute approximate surface area is 169 Å². The number of carbonyl (C=O) groups excluding carboxylic acids is 2. The Kier molecular flexibility index (Phi) is 5.89. The number of para-hydroxylation sites is 1. The molecule has 3 rings (SSSR count). The van der Waals surface area contributed by atoms with Crippen molar-refractivity contribution in [2.75, 3.05) is 26.4 Å². The van der Waals surface area contributed by atoms with E-state index in [0.717, 1.165) is 22.2 Å². The van der Waals surface area contributed by atoms with Crippen LogP contribution in [-0.4, -0.2) is 52.4 Å². The second-order valence-corrected chi connectivity index (χ2v) is 7.26. The molecule has 0 atom stereocenters. The first-order valence-corrected chi connectivity index (χ1v) is 9.36. The number of nitrogen functional groups attached to an aromatic ring is 1. The number of likely N-dealkylation sites (N-methyl/N-ethyl adjacent to an activating group) is 1. The van der Waals surface area contributed by atoms with Crippen LogP contribution in [0, 0.1) is 6.92 Å². The van der Waals surface area contributed by atoms with Crippen LogP contribution >= 0.6 is 0 Å². The van der Waals surface area contributed by atoms with E-state index in [-0.39, 0.29) is 12.5 Å². The topological polar surface area (TPSA) is 103 Å². The summed E-state index contributed by atoms with van der Waals surface area (Å²) in [6, 6.07) is 13.1. The first-order valence-electron chi connectivity index (χ1n) is 9.36. The molecule has 0 aliphatic rings. The number of nitrogens with two attached hydrogens (primary N) is 1. The van der Waals surface area contributed by atoms with Gasteiger partial charge >= 0.3 is 0 Å². The molecule has 1 heterocycles.